The smallest absolute Gasteiger partial charge is 0.261 e. The van der Waals surface area contributed by atoms with Crippen LogP contribution in [0, 0.1) is 0 Å². The Balaban J connectivity index is 1.43. The number of carbonyl (C=O) groups excluding carboxylic acids is 1. The molecule has 5 nitrogen and oxygen atoms in total. The third-order valence-corrected chi connectivity index (χ3v) is 5.33. The van der Waals surface area contributed by atoms with E-state index >= 15 is 0 Å². The SMILES string of the molecule is O=C(NCC1C=C(c2cccc(-c3cccnc3)c2)NO1)c1ccc(Cl)s1. The van der Waals surface area contributed by atoms with Crippen molar-refractivity contribution in [3.05, 3.63) is 81.8 Å². The number of aromatic nitrogens is 1. The highest BCUT2D eigenvalue weighted by molar-refractivity contribution is 7.17. The molecule has 0 saturated carbocycles. The Morgan fingerprint density at radius 3 is 2.81 bits per heavy atom. The lowest BCUT2D eigenvalue weighted by molar-refractivity contribution is 0.0499. The van der Waals surface area contributed by atoms with Gasteiger partial charge in [-0.2, -0.15) is 0 Å². The Kier molecular flexibility index (Phi) is 5.20. The minimum Gasteiger partial charge on any atom is -0.348 e. The van der Waals surface area contributed by atoms with Crippen molar-refractivity contribution >= 4 is 34.5 Å². The normalized spacial score (nSPS) is 15.9. The molecule has 1 unspecified atom stereocenters. The molecule has 27 heavy (non-hydrogen) atoms. The van der Waals surface area contributed by atoms with Crippen molar-refractivity contribution in [2.24, 2.45) is 0 Å². The van der Waals surface area contributed by atoms with E-state index in [1.807, 2.05) is 42.6 Å². The maximum atomic E-state index is 12.1. The van der Waals surface area contributed by atoms with Crippen LogP contribution in [0.15, 0.2) is 67.0 Å². The number of nitrogens with one attached hydrogen (secondary N) is 2. The highest BCUT2D eigenvalue weighted by atomic mass is 35.5. The average molecular weight is 398 g/mol. The van der Waals surface area contributed by atoms with Crippen LogP contribution in [0.4, 0.5) is 0 Å². The van der Waals surface area contributed by atoms with E-state index in [9.17, 15) is 4.79 Å². The lowest BCUT2D eigenvalue weighted by Gasteiger charge is -2.08. The highest BCUT2D eigenvalue weighted by Crippen LogP contribution is 2.25. The topological polar surface area (TPSA) is 63.2 Å². The molecular weight excluding hydrogens is 382 g/mol. The molecule has 0 saturated heterocycles. The summed E-state index contributed by atoms with van der Waals surface area (Å²) in [5.74, 6) is -0.157. The van der Waals surface area contributed by atoms with Crippen LogP contribution >= 0.6 is 22.9 Å². The van der Waals surface area contributed by atoms with E-state index in [2.05, 4.69) is 21.8 Å². The maximum absolute atomic E-state index is 12.1. The van der Waals surface area contributed by atoms with Gasteiger partial charge in [0, 0.05) is 23.5 Å². The van der Waals surface area contributed by atoms with Gasteiger partial charge in [-0.05, 0) is 35.9 Å². The van der Waals surface area contributed by atoms with E-state index < -0.39 is 0 Å². The number of pyridine rings is 1. The first kappa shape index (κ1) is 17.7. The van der Waals surface area contributed by atoms with E-state index in [1.165, 1.54) is 11.3 Å². The lowest BCUT2D eigenvalue weighted by atomic mass is 10.0. The second-order valence-electron chi connectivity index (χ2n) is 5.97. The predicted octanol–water partition coefficient (Wildman–Crippen LogP) is 4.14. The van der Waals surface area contributed by atoms with Crippen molar-refractivity contribution in [1.82, 2.24) is 15.8 Å². The van der Waals surface area contributed by atoms with Crippen LogP contribution in [0.1, 0.15) is 15.2 Å². The number of halogens is 1. The summed E-state index contributed by atoms with van der Waals surface area (Å²) in [4.78, 5) is 22.4. The van der Waals surface area contributed by atoms with Gasteiger partial charge in [0.1, 0.15) is 6.10 Å². The van der Waals surface area contributed by atoms with Crippen molar-refractivity contribution in [1.29, 1.82) is 0 Å². The number of hydrogen-bond donors (Lipinski definition) is 2. The van der Waals surface area contributed by atoms with Gasteiger partial charge in [0.25, 0.3) is 5.91 Å². The van der Waals surface area contributed by atoms with Crippen molar-refractivity contribution < 1.29 is 9.63 Å². The maximum Gasteiger partial charge on any atom is 0.261 e. The van der Waals surface area contributed by atoms with Crippen LogP contribution < -0.4 is 10.8 Å². The van der Waals surface area contributed by atoms with Gasteiger partial charge < -0.3 is 5.32 Å². The summed E-state index contributed by atoms with van der Waals surface area (Å²) >= 11 is 7.12. The number of hydroxylamine groups is 1. The fourth-order valence-corrected chi connectivity index (χ4v) is 3.72. The molecule has 1 aliphatic heterocycles. The summed E-state index contributed by atoms with van der Waals surface area (Å²) in [6, 6.07) is 15.5. The monoisotopic (exact) mass is 397 g/mol. The summed E-state index contributed by atoms with van der Waals surface area (Å²) < 4.78 is 0.592. The zero-order valence-electron chi connectivity index (χ0n) is 14.2. The van der Waals surface area contributed by atoms with Crippen LogP contribution in [0.3, 0.4) is 0 Å². The van der Waals surface area contributed by atoms with Crippen LogP contribution in [0.5, 0.6) is 0 Å². The number of rotatable bonds is 5. The van der Waals surface area contributed by atoms with Crippen molar-refractivity contribution in [2.45, 2.75) is 6.10 Å². The molecule has 4 rings (SSSR count). The Morgan fingerprint density at radius 1 is 1.19 bits per heavy atom. The molecule has 0 fully saturated rings. The van der Waals surface area contributed by atoms with Crippen molar-refractivity contribution in [2.75, 3.05) is 6.54 Å². The number of amides is 1. The fourth-order valence-electron chi connectivity index (χ4n) is 2.77. The van der Waals surface area contributed by atoms with Gasteiger partial charge in [-0.15, -0.1) is 11.3 Å². The molecular formula is C20H16ClN3O2S. The molecule has 1 amide bonds. The number of nitrogens with zero attached hydrogens (tertiary/aromatic N) is 1. The summed E-state index contributed by atoms with van der Waals surface area (Å²) in [7, 11) is 0. The molecule has 3 heterocycles. The molecule has 0 radical (unpaired) electrons. The Hall–Kier alpha value is -2.67. The molecule has 2 N–H and O–H groups in total. The first-order valence-corrected chi connectivity index (χ1v) is 9.56. The molecule has 0 bridgehead atoms. The first-order valence-electron chi connectivity index (χ1n) is 8.37. The van der Waals surface area contributed by atoms with Gasteiger partial charge in [0.05, 0.1) is 21.5 Å². The van der Waals surface area contributed by atoms with E-state index in [0.29, 0.717) is 15.8 Å². The minimum absolute atomic E-state index is 0.157. The largest absolute Gasteiger partial charge is 0.348 e. The zero-order valence-corrected chi connectivity index (χ0v) is 15.8. The van der Waals surface area contributed by atoms with Crippen LogP contribution in [-0.4, -0.2) is 23.5 Å². The van der Waals surface area contributed by atoms with Crippen molar-refractivity contribution in [3.63, 3.8) is 0 Å². The van der Waals surface area contributed by atoms with Crippen LogP contribution in [0.25, 0.3) is 16.8 Å². The van der Waals surface area contributed by atoms with E-state index in [4.69, 9.17) is 16.4 Å². The Morgan fingerprint density at radius 2 is 2.04 bits per heavy atom. The summed E-state index contributed by atoms with van der Waals surface area (Å²) in [6.45, 7) is 0.368. The van der Waals surface area contributed by atoms with Gasteiger partial charge in [0.2, 0.25) is 0 Å². The van der Waals surface area contributed by atoms with E-state index in [-0.39, 0.29) is 12.0 Å². The van der Waals surface area contributed by atoms with Crippen LogP contribution in [-0.2, 0) is 4.84 Å². The van der Waals surface area contributed by atoms with E-state index in [0.717, 1.165) is 22.4 Å². The molecule has 3 aromatic rings. The third-order valence-electron chi connectivity index (χ3n) is 4.10. The summed E-state index contributed by atoms with van der Waals surface area (Å²) in [6.07, 6.45) is 5.30. The highest BCUT2D eigenvalue weighted by Gasteiger charge is 2.19. The minimum atomic E-state index is -0.249. The van der Waals surface area contributed by atoms with Gasteiger partial charge in [-0.1, -0.05) is 35.9 Å². The zero-order chi connectivity index (χ0) is 18.6. The number of hydrogen-bond acceptors (Lipinski definition) is 5. The van der Waals surface area contributed by atoms with E-state index in [1.54, 1.807) is 18.3 Å². The van der Waals surface area contributed by atoms with Gasteiger partial charge in [-0.25, -0.2) is 0 Å². The second-order valence-corrected chi connectivity index (χ2v) is 7.69. The molecule has 7 heteroatoms. The molecule has 1 aliphatic rings. The molecule has 136 valence electrons. The van der Waals surface area contributed by atoms with Crippen molar-refractivity contribution in [3.8, 4) is 11.1 Å². The molecule has 1 atom stereocenters. The quantitative estimate of drug-likeness (QED) is 0.679. The molecule has 0 spiro atoms. The third kappa shape index (κ3) is 4.19. The Labute approximate surface area is 165 Å². The number of benzene rings is 1. The first-order chi connectivity index (χ1) is 13.2. The summed E-state index contributed by atoms with van der Waals surface area (Å²) in [5, 5.41) is 2.86. The second kappa shape index (κ2) is 7.92. The molecule has 0 aliphatic carbocycles. The average Bonchev–Trinajstić information content (AvgIpc) is 3.36. The van der Waals surface area contributed by atoms with Gasteiger partial charge in [-0.3, -0.25) is 20.1 Å². The molecule has 1 aromatic carbocycles. The molecule has 2 aromatic heterocycles. The number of carbonyl (C=O) groups is 1. The van der Waals surface area contributed by atoms with Crippen LogP contribution in [0.2, 0.25) is 4.34 Å². The fraction of sp³-hybridized carbons (Fsp3) is 0.100. The number of thiophene rings is 1. The summed E-state index contributed by atoms with van der Waals surface area (Å²) in [5.41, 5.74) is 6.96. The van der Waals surface area contributed by atoms with Gasteiger partial charge >= 0.3 is 0 Å². The predicted molar refractivity (Wildman–Crippen MR) is 107 cm³/mol. The standard InChI is InChI=1S/C20H16ClN3O2S/c21-19-7-6-18(27-19)20(25)23-12-16-10-17(24-26-16)14-4-1-3-13(9-14)15-5-2-8-22-11-15/h1-11,16,24H,12H2,(H,23,25). The lowest BCUT2D eigenvalue weighted by Crippen LogP contribution is -2.31. The van der Waals surface area contributed by atoms with Gasteiger partial charge in [0.15, 0.2) is 0 Å². The Bertz CT molecular complexity index is 988.